The van der Waals surface area contributed by atoms with Gasteiger partial charge in [0.2, 0.25) is 0 Å². The molecule has 16 heavy (non-hydrogen) atoms. The summed E-state index contributed by atoms with van der Waals surface area (Å²) in [6, 6.07) is 4.05. The van der Waals surface area contributed by atoms with Crippen LogP contribution in [0.2, 0.25) is 5.02 Å². The molecule has 2 rings (SSSR count). The summed E-state index contributed by atoms with van der Waals surface area (Å²) >= 11 is 6.07. The van der Waals surface area contributed by atoms with E-state index in [1.54, 1.807) is 0 Å². The van der Waals surface area contributed by atoms with Gasteiger partial charge >= 0.3 is 0 Å². The standard InChI is InChI=1S/C12H15ClO.C2H6/c1-8(2)11-7-10(13)6-9-4-3-5-14-12(9)11;1-2/h6-8H,3-5H2,1-2H3;1-2H3. The Morgan fingerprint density at radius 1 is 1.25 bits per heavy atom. The molecule has 0 unspecified atom stereocenters. The van der Waals surface area contributed by atoms with Gasteiger partial charge in [0.25, 0.3) is 0 Å². The fourth-order valence-corrected chi connectivity index (χ4v) is 2.15. The van der Waals surface area contributed by atoms with Crippen molar-refractivity contribution < 1.29 is 4.74 Å². The Balaban J connectivity index is 0.000000606. The molecule has 1 aliphatic rings. The molecule has 0 aromatic heterocycles. The van der Waals surface area contributed by atoms with Crippen LogP contribution in [-0.2, 0) is 6.42 Å². The van der Waals surface area contributed by atoms with Gasteiger partial charge in [-0.15, -0.1) is 0 Å². The van der Waals surface area contributed by atoms with E-state index in [9.17, 15) is 0 Å². The van der Waals surface area contributed by atoms with Crippen molar-refractivity contribution in [1.29, 1.82) is 0 Å². The number of ether oxygens (including phenoxy) is 1. The highest BCUT2D eigenvalue weighted by Gasteiger charge is 2.17. The molecule has 0 radical (unpaired) electrons. The summed E-state index contributed by atoms with van der Waals surface area (Å²) < 4.78 is 5.71. The molecule has 0 spiro atoms. The maximum absolute atomic E-state index is 6.07. The number of benzene rings is 1. The summed E-state index contributed by atoms with van der Waals surface area (Å²) in [5, 5.41) is 0.831. The molecule has 0 aliphatic carbocycles. The van der Waals surface area contributed by atoms with E-state index in [2.05, 4.69) is 13.8 Å². The molecular formula is C14H21ClO. The zero-order valence-electron chi connectivity index (χ0n) is 10.6. The smallest absolute Gasteiger partial charge is 0.126 e. The van der Waals surface area contributed by atoms with Crippen molar-refractivity contribution in [3.63, 3.8) is 0 Å². The fourth-order valence-electron chi connectivity index (χ4n) is 1.90. The Bertz CT molecular complexity index is 345. The Labute approximate surface area is 104 Å². The third-order valence-corrected chi connectivity index (χ3v) is 2.84. The summed E-state index contributed by atoms with van der Waals surface area (Å²) in [7, 11) is 0. The predicted molar refractivity (Wildman–Crippen MR) is 70.7 cm³/mol. The van der Waals surface area contributed by atoms with Crippen LogP contribution in [-0.4, -0.2) is 6.61 Å². The van der Waals surface area contributed by atoms with E-state index in [1.807, 2.05) is 26.0 Å². The highest BCUT2D eigenvalue weighted by Crippen LogP contribution is 2.36. The highest BCUT2D eigenvalue weighted by atomic mass is 35.5. The summed E-state index contributed by atoms with van der Waals surface area (Å²) in [6.07, 6.45) is 2.19. The number of halogens is 1. The first-order chi connectivity index (χ1) is 7.68. The first-order valence-electron chi connectivity index (χ1n) is 6.13. The van der Waals surface area contributed by atoms with Crippen molar-refractivity contribution >= 4 is 11.6 Å². The molecular weight excluding hydrogens is 220 g/mol. The monoisotopic (exact) mass is 240 g/mol. The second-order valence-electron chi connectivity index (χ2n) is 4.09. The van der Waals surface area contributed by atoms with E-state index < -0.39 is 0 Å². The minimum absolute atomic E-state index is 0.473. The van der Waals surface area contributed by atoms with E-state index in [-0.39, 0.29) is 0 Å². The van der Waals surface area contributed by atoms with Gasteiger partial charge in [-0.25, -0.2) is 0 Å². The van der Waals surface area contributed by atoms with Gasteiger partial charge in [-0.05, 0) is 42.0 Å². The lowest BCUT2D eigenvalue weighted by atomic mass is 9.96. The van der Waals surface area contributed by atoms with E-state index in [0.717, 1.165) is 30.2 Å². The lowest BCUT2D eigenvalue weighted by Crippen LogP contribution is -2.11. The maximum Gasteiger partial charge on any atom is 0.126 e. The molecule has 1 aromatic rings. The van der Waals surface area contributed by atoms with Gasteiger partial charge in [-0.3, -0.25) is 0 Å². The first-order valence-corrected chi connectivity index (χ1v) is 6.51. The van der Waals surface area contributed by atoms with Gasteiger partial charge < -0.3 is 4.74 Å². The van der Waals surface area contributed by atoms with Crippen molar-refractivity contribution in [2.45, 2.75) is 46.5 Å². The Morgan fingerprint density at radius 2 is 1.94 bits per heavy atom. The Kier molecular flexibility index (Phi) is 5.14. The number of aryl methyl sites for hydroxylation is 1. The number of hydrogen-bond acceptors (Lipinski definition) is 1. The van der Waals surface area contributed by atoms with Crippen LogP contribution in [0.15, 0.2) is 12.1 Å². The lowest BCUT2D eigenvalue weighted by Gasteiger charge is -2.22. The molecule has 0 saturated heterocycles. The fraction of sp³-hybridized carbons (Fsp3) is 0.571. The molecule has 0 fully saturated rings. The molecule has 1 nitrogen and oxygen atoms in total. The van der Waals surface area contributed by atoms with Crippen molar-refractivity contribution in [3.8, 4) is 5.75 Å². The highest BCUT2D eigenvalue weighted by molar-refractivity contribution is 6.30. The van der Waals surface area contributed by atoms with Crippen LogP contribution in [0.1, 0.15) is 51.2 Å². The average molecular weight is 241 g/mol. The lowest BCUT2D eigenvalue weighted by molar-refractivity contribution is 0.284. The van der Waals surface area contributed by atoms with Crippen molar-refractivity contribution in [3.05, 3.63) is 28.3 Å². The van der Waals surface area contributed by atoms with Gasteiger partial charge in [0.1, 0.15) is 5.75 Å². The molecule has 2 heteroatoms. The average Bonchev–Trinajstić information content (AvgIpc) is 2.30. The predicted octanol–water partition coefficient (Wildman–Crippen LogP) is 4.81. The molecule has 0 amide bonds. The van der Waals surface area contributed by atoms with Crippen molar-refractivity contribution in [2.75, 3.05) is 6.61 Å². The number of hydrogen-bond donors (Lipinski definition) is 0. The Hall–Kier alpha value is -0.690. The zero-order chi connectivity index (χ0) is 12.1. The minimum Gasteiger partial charge on any atom is -0.493 e. The third kappa shape index (κ3) is 2.91. The van der Waals surface area contributed by atoms with Gasteiger partial charge in [0.15, 0.2) is 0 Å². The summed E-state index contributed by atoms with van der Waals surface area (Å²) in [4.78, 5) is 0. The van der Waals surface area contributed by atoms with Crippen LogP contribution >= 0.6 is 11.6 Å². The molecule has 0 saturated carbocycles. The SMILES string of the molecule is CC.CC(C)c1cc(Cl)cc2c1OCCC2. The molecule has 1 aliphatic heterocycles. The van der Waals surface area contributed by atoms with E-state index in [4.69, 9.17) is 16.3 Å². The molecule has 1 aromatic carbocycles. The maximum atomic E-state index is 6.07. The molecule has 1 heterocycles. The van der Waals surface area contributed by atoms with Crippen LogP contribution in [0.25, 0.3) is 0 Å². The van der Waals surface area contributed by atoms with E-state index >= 15 is 0 Å². The van der Waals surface area contributed by atoms with E-state index in [1.165, 1.54) is 11.1 Å². The van der Waals surface area contributed by atoms with Crippen LogP contribution < -0.4 is 4.74 Å². The van der Waals surface area contributed by atoms with Gasteiger partial charge in [0, 0.05) is 5.02 Å². The number of fused-ring (bicyclic) bond motifs is 1. The van der Waals surface area contributed by atoms with Crippen LogP contribution in [0, 0.1) is 0 Å². The minimum atomic E-state index is 0.473. The van der Waals surface area contributed by atoms with Crippen LogP contribution in [0.3, 0.4) is 0 Å². The largest absolute Gasteiger partial charge is 0.493 e. The summed E-state index contributed by atoms with van der Waals surface area (Å²) in [5.74, 6) is 1.55. The van der Waals surface area contributed by atoms with Gasteiger partial charge in [-0.2, -0.15) is 0 Å². The quantitative estimate of drug-likeness (QED) is 0.684. The summed E-state index contributed by atoms with van der Waals surface area (Å²) in [6.45, 7) is 9.18. The van der Waals surface area contributed by atoms with Crippen LogP contribution in [0.4, 0.5) is 0 Å². The Morgan fingerprint density at radius 3 is 2.56 bits per heavy atom. The second kappa shape index (κ2) is 6.15. The molecule has 0 N–H and O–H groups in total. The van der Waals surface area contributed by atoms with Crippen molar-refractivity contribution in [2.24, 2.45) is 0 Å². The van der Waals surface area contributed by atoms with Gasteiger partial charge in [-0.1, -0.05) is 39.3 Å². The third-order valence-electron chi connectivity index (χ3n) is 2.62. The number of rotatable bonds is 1. The van der Waals surface area contributed by atoms with Crippen molar-refractivity contribution in [1.82, 2.24) is 0 Å². The second-order valence-corrected chi connectivity index (χ2v) is 4.53. The molecule has 0 atom stereocenters. The van der Waals surface area contributed by atoms with Crippen LogP contribution in [0.5, 0.6) is 5.75 Å². The topological polar surface area (TPSA) is 9.23 Å². The first kappa shape index (κ1) is 13.4. The molecule has 90 valence electrons. The summed E-state index contributed by atoms with van der Waals surface area (Å²) in [5.41, 5.74) is 2.51. The zero-order valence-corrected chi connectivity index (χ0v) is 11.4. The van der Waals surface area contributed by atoms with E-state index in [0.29, 0.717) is 5.92 Å². The van der Waals surface area contributed by atoms with Gasteiger partial charge in [0.05, 0.1) is 6.61 Å². The molecule has 0 bridgehead atoms. The normalized spacial score (nSPS) is 13.6.